The average Bonchev–Trinajstić information content (AvgIpc) is 3.53. The number of hydrogen-bond donors (Lipinski definition) is 2. The average molecular weight is 780 g/mol. The van der Waals surface area contributed by atoms with Crippen molar-refractivity contribution in [1.82, 2.24) is 23.9 Å². The summed E-state index contributed by atoms with van der Waals surface area (Å²) in [5.41, 5.74) is 0.00978. The number of para-hydroxylation sites is 1. The molecule has 0 bridgehead atoms. The van der Waals surface area contributed by atoms with Gasteiger partial charge in [0, 0.05) is 17.1 Å². The van der Waals surface area contributed by atoms with Crippen LogP contribution < -0.4 is 21.5 Å². The molecule has 0 radical (unpaired) electrons. The number of pyridine rings is 1. The van der Waals surface area contributed by atoms with Crippen molar-refractivity contribution < 1.29 is 32.6 Å². The van der Waals surface area contributed by atoms with E-state index in [9.17, 15) is 32.7 Å². The minimum Gasteiger partial charge on any atom is -0.504 e. The second-order valence-corrected chi connectivity index (χ2v) is 13.9. The number of rotatable bonds is 6. The molecule has 2 fully saturated rings. The number of allylic oxidation sites excluding steroid dienone is 2. The van der Waals surface area contributed by atoms with Gasteiger partial charge in [0.05, 0.1) is 47.3 Å². The Balaban J connectivity index is 1.36. The summed E-state index contributed by atoms with van der Waals surface area (Å²) in [5.74, 6) is -4.43. The highest BCUT2D eigenvalue weighted by Crippen LogP contribution is 2.62. The molecule has 2 aliphatic heterocycles. The third-order valence-electron chi connectivity index (χ3n) is 10.4. The molecule has 8 rings (SSSR count). The summed E-state index contributed by atoms with van der Waals surface area (Å²) in [7, 11) is 1.35. The number of nitrogens with zero attached hydrogens (tertiary/aromatic N) is 5. The molecule has 0 unspecified atom stereocenters. The quantitative estimate of drug-likeness (QED) is 0.162. The monoisotopic (exact) mass is 778 g/mol. The van der Waals surface area contributed by atoms with E-state index in [0.29, 0.717) is 44.7 Å². The molecular weight excluding hydrogens is 752 g/mol. The number of alkyl halides is 3. The molecule has 4 atom stereocenters. The van der Waals surface area contributed by atoms with Gasteiger partial charge in [-0.15, -0.1) is 0 Å². The number of amides is 2. The van der Waals surface area contributed by atoms with Crippen LogP contribution in [0.25, 0.3) is 5.69 Å². The molecule has 4 heterocycles. The molecule has 2 N–H and O–H groups in total. The fourth-order valence-electron chi connectivity index (χ4n) is 8.09. The number of carbonyl (C=O) groups excluding carboxylic acids is 2. The number of imide groups is 1. The van der Waals surface area contributed by atoms with E-state index in [-0.39, 0.29) is 30.3 Å². The van der Waals surface area contributed by atoms with Crippen LogP contribution in [0.2, 0.25) is 10.0 Å². The Morgan fingerprint density at radius 1 is 0.963 bits per heavy atom. The first-order chi connectivity index (χ1) is 25.8. The maximum atomic E-state index is 15.3. The first kappa shape index (κ1) is 35.2. The molecule has 17 heteroatoms. The van der Waals surface area contributed by atoms with Gasteiger partial charge in [-0.25, -0.2) is 28.5 Å². The van der Waals surface area contributed by atoms with Gasteiger partial charge in [0.25, 0.3) is 11.8 Å². The number of carbonyl (C=O) groups is 2. The van der Waals surface area contributed by atoms with Gasteiger partial charge in [-0.05, 0) is 65.6 Å². The van der Waals surface area contributed by atoms with Crippen LogP contribution in [-0.2, 0) is 27.7 Å². The molecule has 0 spiro atoms. The number of halogens is 5. The zero-order valence-corrected chi connectivity index (χ0v) is 29.4. The zero-order valence-electron chi connectivity index (χ0n) is 27.9. The molecule has 3 aromatic carbocycles. The fourth-order valence-corrected chi connectivity index (χ4v) is 8.43. The standard InChI is InChI=1S/C37H27Cl2F3N6O6/c1-54-29-15-19(7-12-28(29)49)30-24-13-14-45-34(52)46(23-5-3-2-4-6-23)35(53)48(45)27(24)17-25-32(50)47(33(51)36(25,30)20-8-10-22(38)11-9-20)44-31-26(39)16-21(18-43-31)37(40,41)42/h2-13,15-16,18,25,27,30,49H,14,17H2,1H3,(H,43,44)/t25-,27+,30-,36+/m0/s1. The summed E-state index contributed by atoms with van der Waals surface area (Å²) in [6, 6.07) is 18.8. The van der Waals surface area contributed by atoms with Crippen molar-refractivity contribution >= 4 is 40.8 Å². The number of fused-ring (bicyclic) bond motifs is 4. The molecule has 3 aliphatic rings. The number of phenolic OH excluding ortho intramolecular Hbond substituents is 1. The van der Waals surface area contributed by atoms with E-state index in [4.69, 9.17) is 27.9 Å². The maximum Gasteiger partial charge on any atom is 0.417 e. The third kappa shape index (κ3) is 5.16. The summed E-state index contributed by atoms with van der Waals surface area (Å²) < 4.78 is 49.4. The van der Waals surface area contributed by atoms with Crippen LogP contribution in [0.4, 0.5) is 19.0 Å². The van der Waals surface area contributed by atoms with E-state index >= 15 is 4.79 Å². The van der Waals surface area contributed by atoms with Gasteiger partial charge in [0.2, 0.25) is 0 Å². The lowest BCUT2D eigenvalue weighted by Crippen LogP contribution is -2.53. The number of aromatic hydroxyl groups is 1. The number of nitrogens with one attached hydrogen (secondary N) is 1. The number of phenols is 1. The van der Waals surface area contributed by atoms with Crippen LogP contribution in [0.1, 0.15) is 35.1 Å². The Morgan fingerprint density at radius 3 is 2.35 bits per heavy atom. The van der Waals surface area contributed by atoms with Gasteiger partial charge in [0.1, 0.15) is 0 Å². The SMILES string of the molecule is COc1cc([C@H]2C3=CCn4c(=O)n(-c5ccccc5)c(=O)n4[C@@H]3C[C@H]3C(=O)N(Nc4ncc(C(F)(F)F)cc4Cl)C(=O)[C@@]23c2ccc(Cl)cc2)ccc1O. The maximum absolute atomic E-state index is 15.3. The van der Waals surface area contributed by atoms with Crippen LogP contribution in [0, 0.1) is 5.92 Å². The normalized spacial score (nSPS) is 22.0. The highest BCUT2D eigenvalue weighted by atomic mass is 35.5. The molecular formula is C37H27Cl2F3N6O6. The lowest BCUT2D eigenvalue weighted by Gasteiger charge is -2.49. The topological polar surface area (TPSA) is 141 Å². The van der Waals surface area contributed by atoms with Crippen LogP contribution in [0.15, 0.2) is 106 Å². The number of anilines is 1. The third-order valence-corrected chi connectivity index (χ3v) is 10.9. The van der Waals surface area contributed by atoms with Crippen LogP contribution >= 0.6 is 23.2 Å². The number of ether oxygens (including phenoxy) is 1. The Hall–Kier alpha value is -5.80. The van der Waals surface area contributed by atoms with Crippen LogP contribution in [0.5, 0.6) is 11.5 Å². The van der Waals surface area contributed by atoms with Gasteiger partial charge in [-0.2, -0.15) is 18.2 Å². The predicted molar refractivity (Wildman–Crippen MR) is 190 cm³/mol. The highest BCUT2D eigenvalue weighted by Gasteiger charge is 2.69. The van der Waals surface area contributed by atoms with Crippen molar-refractivity contribution in [3.63, 3.8) is 0 Å². The van der Waals surface area contributed by atoms with Gasteiger partial charge in [-0.1, -0.05) is 65.7 Å². The zero-order chi connectivity index (χ0) is 38.3. The second kappa shape index (κ2) is 12.7. The minimum atomic E-state index is -4.76. The van der Waals surface area contributed by atoms with Crippen molar-refractivity contribution in [3.05, 3.63) is 144 Å². The fraction of sp³-hybridized carbons (Fsp3) is 0.216. The summed E-state index contributed by atoms with van der Waals surface area (Å²) >= 11 is 12.5. The van der Waals surface area contributed by atoms with E-state index in [2.05, 4.69) is 10.4 Å². The molecule has 1 aliphatic carbocycles. The number of aromatic nitrogens is 4. The van der Waals surface area contributed by atoms with E-state index in [1.807, 2.05) is 0 Å². The second-order valence-electron chi connectivity index (χ2n) is 13.1. The Morgan fingerprint density at radius 2 is 1.69 bits per heavy atom. The summed E-state index contributed by atoms with van der Waals surface area (Å²) in [6.07, 6.45) is -2.64. The Labute approximate surface area is 313 Å². The highest BCUT2D eigenvalue weighted by molar-refractivity contribution is 6.33. The Bertz CT molecular complexity index is 2520. The van der Waals surface area contributed by atoms with Gasteiger partial charge < -0.3 is 9.84 Å². The summed E-state index contributed by atoms with van der Waals surface area (Å²) in [4.78, 5) is 61.9. The lowest BCUT2D eigenvalue weighted by atomic mass is 9.53. The number of methoxy groups -OCH3 is 1. The number of benzene rings is 3. The smallest absolute Gasteiger partial charge is 0.417 e. The van der Waals surface area contributed by atoms with Gasteiger partial charge in [-0.3, -0.25) is 15.0 Å². The van der Waals surface area contributed by atoms with E-state index in [1.165, 1.54) is 28.6 Å². The van der Waals surface area contributed by atoms with Crippen molar-refractivity contribution in [2.45, 2.75) is 36.5 Å². The van der Waals surface area contributed by atoms with Crippen LogP contribution in [-0.4, -0.2) is 48.0 Å². The molecule has 1 saturated carbocycles. The van der Waals surface area contributed by atoms with Crippen molar-refractivity contribution in [2.75, 3.05) is 12.5 Å². The Kier molecular flexibility index (Phi) is 8.26. The number of hydrogen-bond acceptors (Lipinski definition) is 8. The van der Waals surface area contributed by atoms with E-state index < -0.39 is 63.2 Å². The molecule has 2 amide bonds. The van der Waals surface area contributed by atoms with E-state index in [0.717, 1.165) is 4.57 Å². The first-order valence-electron chi connectivity index (χ1n) is 16.5. The van der Waals surface area contributed by atoms with Crippen molar-refractivity contribution in [2.24, 2.45) is 5.92 Å². The molecule has 276 valence electrons. The van der Waals surface area contributed by atoms with E-state index in [1.54, 1.807) is 66.7 Å². The lowest BCUT2D eigenvalue weighted by molar-refractivity contribution is -0.139. The summed E-state index contributed by atoms with van der Waals surface area (Å²) in [6.45, 7) is -0.0675. The van der Waals surface area contributed by atoms with Gasteiger partial charge in [0.15, 0.2) is 17.3 Å². The van der Waals surface area contributed by atoms with Crippen LogP contribution in [0.3, 0.4) is 0 Å². The van der Waals surface area contributed by atoms with Crippen molar-refractivity contribution in [1.29, 1.82) is 0 Å². The molecule has 5 aromatic rings. The molecule has 12 nitrogen and oxygen atoms in total. The summed E-state index contributed by atoms with van der Waals surface area (Å²) in [5, 5.41) is 11.1. The first-order valence-corrected chi connectivity index (χ1v) is 17.2. The largest absolute Gasteiger partial charge is 0.504 e. The molecule has 1 saturated heterocycles. The van der Waals surface area contributed by atoms with Crippen molar-refractivity contribution in [3.8, 4) is 17.2 Å². The minimum absolute atomic E-state index is 0.0608. The predicted octanol–water partition coefficient (Wildman–Crippen LogP) is 5.85. The molecule has 54 heavy (non-hydrogen) atoms. The number of hydrazine groups is 1. The van der Waals surface area contributed by atoms with Gasteiger partial charge >= 0.3 is 17.6 Å². The molecule has 2 aromatic heterocycles.